The number of hydrogen-bond acceptors (Lipinski definition) is 2. The van der Waals surface area contributed by atoms with Crippen molar-refractivity contribution in [3.05, 3.63) is 29.3 Å². The minimum absolute atomic E-state index is 0.704. The molecule has 1 fully saturated rings. The SMILES string of the molecule is CCCN1CCCCC1.Cc1cccc(C)c1NC=O. The molecule has 3 nitrogen and oxygen atoms in total. The van der Waals surface area contributed by atoms with Crippen molar-refractivity contribution in [2.45, 2.75) is 46.5 Å². The van der Waals surface area contributed by atoms with Gasteiger partial charge < -0.3 is 10.2 Å². The molecule has 3 heteroatoms. The number of rotatable bonds is 4. The second-order valence-corrected chi connectivity index (χ2v) is 5.43. The Kier molecular flexibility index (Phi) is 7.97. The third-order valence-corrected chi connectivity index (χ3v) is 3.67. The summed E-state index contributed by atoms with van der Waals surface area (Å²) in [6.07, 6.45) is 6.34. The van der Waals surface area contributed by atoms with E-state index in [1.54, 1.807) is 0 Å². The van der Waals surface area contributed by atoms with Gasteiger partial charge in [-0.2, -0.15) is 0 Å². The molecule has 20 heavy (non-hydrogen) atoms. The molecule has 0 unspecified atom stereocenters. The zero-order chi connectivity index (χ0) is 14.8. The Balaban J connectivity index is 0.000000204. The molecule has 1 N–H and O–H groups in total. The van der Waals surface area contributed by atoms with Gasteiger partial charge in [0.15, 0.2) is 0 Å². The maximum absolute atomic E-state index is 10.2. The number of carbonyl (C=O) groups is 1. The van der Waals surface area contributed by atoms with Gasteiger partial charge in [0, 0.05) is 5.69 Å². The van der Waals surface area contributed by atoms with E-state index in [1.165, 1.54) is 45.3 Å². The molecule has 1 aliphatic rings. The lowest BCUT2D eigenvalue weighted by Crippen LogP contribution is -2.30. The van der Waals surface area contributed by atoms with Gasteiger partial charge in [-0.05, 0) is 63.9 Å². The molecule has 1 aromatic rings. The molecule has 0 atom stereocenters. The lowest BCUT2D eigenvalue weighted by Gasteiger charge is -2.25. The average molecular weight is 276 g/mol. The Morgan fingerprint density at radius 3 is 2.25 bits per heavy atom. The van der Waals surface area contributed by atoms with Crippen LogP contribution in [0.1, 0.15) is 43.7 Å². The summed E-state index contributed by atoms with van der Waals surface area (Å²) in [4.78, 5) is 12.7. The van der Waals surface area contributed by atoms with Crippen molar-refractivity contribution in [3.63, 3.8) is 0 Å². The van der Waals surface area contributed by atoms with E-state index in [1.807, 2.05) is 32.0 Å². The Bertz CT molecular complexity index is 375. The highest BCUT2D eigenvalue weighted by Gasteiger charge is 2.07. The van der Waals surface area contributed by atoms with Crippen molar-refractivity contribution in [1.29, 1.82) is 0 Å². The Morgan fingerprint density at radius 2 is 1.75 bits per heavy atom. The summed E-state index contributed by atoms with van der Waals surface area (Å²) < 4.78 is 0. The van der Waals surface area contributed by atoms with E-state index in [9.17, 15) is 4.79 Å². The van der Waals surface area contributed by atoms with Gasteiger partial charge in [0.05, 0.1) is 0 Å². The van der Waals surface area contributed by atoms with Gasteiger partial charge in [-0.3, -0.25) is 4.79 Å². The molecular weight excluding hydrogens is 248 g/mol. The maximum Gasteiger partial charge on any atom is 0.211 e. The summed E-state index contributed by atoms with van der Waals surface area (Å²) in [5.41, 5.74) is 3.11. The molecule has 112 valence electrons. The van der Waals surface area contributed by atoms with Gasteiger partial charge in [-0.15, -0.1) is 0 Å². The van der Waals surface area contributed by atoms with Gasteiger partial charge in [0.2, 0.25) is 6.41 Å². The van der Waals surface area contributed by atoms with Crippen molar-refractivity contribution in [2.75, 3.05) is 25.0 Å². The van der Waals surface area contributed by atoms with Crippen LogP contribution in [0.3, 0.4) is 0 Å². The lowest BCUT2D eigenvalue weighted by atomic mass is 10.1. The van der Waals surface area contributed by atoms with Crippen LogP contribution in [0.15, 0.2) is 18.2 Å². The van der Waals surface area contributed by atoms with Crippen LogP contribution in [0.5, 0.6) is 0 Å². The molecule has 1 amide bonds. The van der Waals surface area contributed by atoms with Crippen LogP contribution in [-0.2, 0) is 4.79 Å². The van der Waals surface area contributed by atoms with Crippen LogP contribution in [0.2, 0.25) is 0 Å². The Morgan fingerprint density at radius 1 is 1.15 bits per heavy atom. The number of anilines is 1. The van der Waals surface area contributed by atoms with E-state index in [2.05, 4.69) is 17.1 Å². The van der Waals surface area contributed by atoms with Crippen molar-refractivity contribution >= 4 is 12.1 Å². The number of para-hydroxylation sites is 1. The fourth-order valence-electron chi connectivity index (χ4n) is 2.60. The summed E-state index contributed by atoms with van der Waals surface area (Å²) in [6, 6.07) is 5.91. The summed E-state index contributed by atoms with van der Waals surface area (Å²) >= 11 is 0. The molecule has 1 heterocycles. The number of aryl methyl sites for hydroxylation is 2. The maximum atomic E-state index is 10.2. The minimum atomic E-state index is 0.704. The molecule has 0 spiro atoms. The van der Waals surface area contributed by atoms with Crippen LogP contribution >= 0.6 is 0 Å². The molecule has 0 bridgehead atoms. The van der Waals surface area contributed by atoms with Crippen LogP contribution in [0.4, 0.5) is 5.69 Å². The zero-order valence-corrected chi connectivity index (χ0v) is 13.1. The molecule has 1 saturated heterocycles. The second kappa shape index (κ2) is 9.54. The van der Waals surface area contributed by atoms with Crippen molar-refractivity contribution in [2.24, 2.45) is 0 Å². The highest BCUT2D eigenvalue weighted by atomic mass is 16.1. The van der Waals surface area contributed by atoms with Gasteiger partial charge in [-0.1, -0.05) is 31.5 Å². The van der Waals surface area contributed by atoms with E-state index in [0.29, 0.717) is 6.41 Å². The molecule has 2 rings (SSSR count). The number of nitrogens with zero attached hydrogens (tertiary/aromatic N) is 1. The highest BCUT2D eigenvalue weighted by molar-refractivity contribution is 5.75. The number of amides is 1. The number of likely N-dealkylation sites (tertiary alicyclic amines) is 1. The highest BCUT2D eigenvalue weighted by Crippen LogP contribution is 2.17. The van der Waals surface area contributed by atoms with Crippen LogP contribution < -0.4 is 5.32 Å². The average Bonchev–Trinajstić information content (AvgIpc) is 2.45. The molecule has 0 aromatic heterocycles. The summed E-state index contributed by atoms with van der Waals surface area (Å²) in [6.45, 7) is 10.2. The lowest BCUT2D eigenvalue weighted by molar-refractivity contribution is -0.105. The smallest absolute Gasteiger partial charge is 0.211 e. The van der Waals surface area contributed by atoms with Crippen LogP contribution in [0.25, 0.3) is 0 Å². The van der Waals surface area contributed by atoms with Gasteiger partial charge in [-0.25, -0.2) is 0 Å². The quantitative estimate of drug-likeness (QED) is 0.849. The standard InChI is InChI=1S/C9H11NO.C8H17N/c1-7-4-3-5-8(2)9(7)10-6-11;1-2-6-9-7-4-3-5-8-9/h3-6H,1-2H3,(H,10,11);2-8H2,1H3. The second-order valence-electron chi connectivity index (χ2n) is 5.43. The predicted octanol–water partition coefficient (Wildman–Crippen LogP) is 3.75. The molecular formula is C17H28N2O. The molecule has 1 aromatic carbocycles. The van der Waals surface area contributed by atoms with E-state index in [4.69, 9.17) is 0 Å². The third kappa shape index (κ3) is 5.74. The summed E-state index contributed by atoms with van der Waals surface area (Å²) in [5.74, 6) is 0. The first-order valence-electron chi connectivity index (χ1n) is 7.67. The Labute approximate surface area is 123 Å². The number of benzene rings is 1. The Hall–Kier alpha value is -1.35. The van der Waals surface area contributed by atoms with Crippen molar-refractivity contribution in [1.82, 2.24) is 4.90 Å². The molecule has 0 aliphatic carbocycles. The predicted molar refractivity (Wildman–Crippen MR) is 86.2 cm³/mol. The fraction of sp³-hybridized carbons (Fsp3) is 0.588. The first kappa shape index (κ1) is 16.7. The number of piperidine rings is 1. The summed E-state index contributed by atoms with van der Waals surface area (Å²) in [7, 11) is 0. The van der Waals surface area contributed by atoms with Gasteiger partial charge in [0.25, 0.3) is 0 Å². The van der Waals surface area contributed by atoms with E-state index in [0.717, 1.165) is 16.8 Å². The molecule has 0 radical (unpaired) electrons. The summed E-state index contributed by atoms with van der Waals surface area (Å²) in [5, 5.41) is 2.66. The molecule has 0 saturated carbocycles. The van der Waals surface area contributed by atoms with E-state index < -0.39 is 0 Å². The normalized spacial score (nSPS) is 15.2. The number of carbonyl (C=O) groups excluding carboxylic acids is 1. The largest absolute Gasteiger partial charge is 0.328 e. The first-order valence-corrected chi connectivity index (χ1v) is 7.67. The van der Waals surface area contributed by atoms with E-state index >= 15 is 0 Å². The van der Waals surface area contributed by atoms with Crippen LogP contribution in [-0.4, -0.2) is 30.9 Å². The minimum Gasteiger partial charge on any atom is -0.328 e. The third-order valence-electron chi connectivity index (χ3n) is 3.67. The van der Waals surface area contributed by atoms with Crippen molar-refractivity contribution < 1.29 is 4.79 Å². The topological polar surface area (TPSA) is 32.3 Å². The number of nitrogens with one attached hydrogen (secondary N) is 1. The zero-order valence-electron chi connectivity index (χ0n) is 13.1. The first-order chi connectivity index (χ1) is 9.69. The van der Waals surface area contributed by atoms with Gasteiger partial charge in [0.1, 0.15) is 0 Å². The number of hydrogen-bond donors (Lipinski definition) is 1. The van der Waals surface area contributed by atoms with Gasteiger partial charge >= 0.3 is 0 Å². The fourth-order valence-corrected chi connectivity index (χ4v) is 2.60. The van der Waals surface area contributed by atoms with Crippen molar-refractivity contribution in [3.8, 4) is 0 Å². The van der Waals surface area contributed by atoms with Crippen LogP contribution in [0, 0.1) is 13.8 Å². The van der Waals surface area contributed by atoms with E-state index in [-0.39, 0.29) is 0 Å². The monoisotopic (exact) mass is 276 g/mol. The molecule has 1 aliphatic heterocycles.